The Morgan fingerprint density at radius 3 is 2.12 bits per heavy atom. The zero-order valence-corrected chi connectivity index (χ0v) is 15.8. The zero-order chi connectivity index (χ0) is 18.6. The van der Waals surface area contributed by atoms with E-state index in [4.69, 9.17) is 0 Å². The Morgan fingerprint density at radius 2 is 1.56 bits per heavy atom. The molecule has 0 aliphatic heterocycles. The molecular weight excluding hydrogens is 336 g/mol. The van der Waals surface area contributed by atoms with E-state index in [0.29, 0.717) is 5.69 Å². The molecule has 0 radical (unpaired) electrons. The van der Waals surface area contributed by atoms with Gasteiger partial charge in [-0.1, -0.05) is 50.2 Å². The smallest absolute Gasteiger partial charge is 0.247 e. The second-order valence-corrected chi connectivity index (χ2v) is 8.18. The maximum Gasteiger partial charge on any atom is 0.247 e. The summed E-state index contributed by atoms with van der Waals surface area (Å²) in [6, 6.07) is 16.4. The molecule has 5 nitrogen and oxygen atoms in total. The first-order valence-electron chi connectivity index (χ1n) is 8.10. The van der Waals surface area contributed by atoms with Crippen molar-refractivity contribution in [2.24, 2.45) is 0 Å². The van der Waals surface area contributed by atoms with Gasteiger partial charge in [-0.15, -0.1) is 0 Å². The molecule has 25 heavy (non-hydrogen) atoms. The van der Waals surface area contributed by atoms with Crippen LogP contribution in [0.15, 0.2) is 54.6 Å². The molecule has 0 unspecified atom stereocenters. The number of carbonyl (C=O) groups excluding carboxylic acids is 1. The van der Waals surface area contributed by atoms with Gasteiger partial charge in [-0.25, -0.2) is 8.42 Å². The lowest BCUT2D eigenvalue weighted by Gasteiger charge is -2.27. The van der Waals surface area contributed by atoms with Gasteiger partial charge in [0.15, 0.2) is 0 Å². The van der Waals surface area contributed by atoms with Crippen molar-refractivity contribution in [1.29, 1.82) is 0 Å². The maximum absolute atomic E-state index is 12.7. The second-order valence-electron chi connectivity index (χ2n) is 6.27. The van der Waals surface area contributed by atoms with Gasteiger partial charge in [0.05, 0.1) is 11.9 Å². The lowest BCUT2D eigenvalue weighted by molar-refractivity contribution is -0.116. The van der Waals surface area contributed by atoms with E-state index in [2.05, 4.69) is 0 Å². The van der Waals surface area contributed by atoms with Crippen LogP contribution in [0.2, 0.25) is 0 Å². The quantitative estimate of drug-likeness (QED) is 0.795. The largest absolute Gasteiger partial charge is 0.314 e. The fourth-order valence-corrected chi connectivity index (χ4v) is 3.48. The standard InChI is InChI=1S/C19H24N2O3S/c1-15(2)17-12-8-9-13-18(17)21(25(4,23)24)14-19(22)20(3)16-10-6-5-7-11-16/h5-13,15H,14H2,1-4H3. The SMILES string of the molecule is CC(C)c1ccccc1N(CC(=O)N(C)c1ccccc1)S(C)(=O)=O. The van der Waals surface area contributed by atoms with Crippen LogP contribution in [0.5, 0.6) is 0 Å². The van der Waals surface area contributed by atoms with E-state index in [0.717, 1.165) is 17.5 Å². The van der Waals surface area contributed by atoms with Gasteiger partial charge in [-0.05, 0) is 29.7 Å². The Hall–Kier alpha value is -2.34. The zero-order valence-electron chi connectivity index (χ0n) is 15.0. The van der Waals surface area contributed by atoms with E-state index in [1.54, 1.807) is 19.2 Å². The summed E-state index contributed by atoms with van der Waals surface area (Å²) in [5, 5.41) is 0. The number of hydrogen-bond donors (Lipinski definition) is 0. The van der Waals surface area contributed by atoms with E-state index in [1.807, 2.05) is 56.3 Å². The number of nitrogens with zero attached hydrogens (tertiary/aromatic N) is 2. The summed E-state index contributed by atoms with van der Waals surface area (Å²) in [6.45, 7) is 3.75. The van der Waals surface area contributed by atoms with Gasteiger partial charge >= 0.3 is 0 Å². The van der Waals surface area contributed by atoms with Crippen molar-refractivity contribution in [3.05, 3.63) is 60.2 Å². The van der Waals surface area contributed by atoms with Gasteiger partial charge in [0.25, 0.3) is 0 Å². The van der Waals surface area contributed by atoms with Crippen LogP contribution in [0.1, 0.15) is 25.3 Å². The molecule has 0 saturated carbocycles. The van der Waals surface area contributed by atoms with Crippen molar-refractivity contribution < 1.29 is 13.2 Å². The first-order valence-corrected chi connectivity index (χ1v) is 9.95. The Kier molecular flexibility index (Phi) is 5.85. The minimum absolute atomic E-state index is 0.141. The molecule has 6 heteroatoms. The third-order valence-corrected chi connectivity index (χ3v) is 5.15. The highest BCUT2D eigenvalue weighted by Gasteiger charge is 2.25. The fourth-order valence-electron chi connectivity index (χ4n) is 2.61. The van der Waals surface area contributed by atoms with Crippen LogP contribution < -0.4 is 9.21 Å². The molecule has 0 aliphatic rings. The normalized spacial score (nSPS) is 11.4. The van der Waals surface area contributed by atoms with Gasteiger partial charge in [0.2, 0.25) is 15.9 Å². The molecular formula is C19H24N2O3S. The number of benzene rings is 2. The molecule has 0 spiro atoms. The molecule has 0 saturated heterocycles. The Balaban J connectivity index is 2.36. The number of sulfonamides is 1. The average Bonchev–Trinajstić information content (AvgIpc) is 2.58. The molecule has 1 amide bonds. The van der Waals surface area contributed by atoms with Crippen molar-refractivity contribution in [1.82, 2.24) is 0 Å². The van der Waals surface area contributed by atoms with Gasteiger partial charge in [0, 0.05) is 12.7 Å². The minimum atomic E-state index is -3.60. The van der Waals surface area contributed by atoms with Crippen LogP contribution in [0.25, 0.3) is 0 Å². The highest BCUT2D eigenvalue weighted by Crippen LogP contribution is 2.29. The fraction of sp³-hybridized carbons (Fsp3) is 0.316. The summed E-state index contributed by atoms with van der Waals surface area (Å²) in [7, 11) is -1.95. The predicted octanol–water partition coefficient (Wildman–Crippen LogP) is 3.24. The van der Waals surface area contributed by atoms with Crippen molar-refractivity contribution in [2.45, 2.75) is 19.8 Å². The monoisotopic (exact) mass is 360 g/mol. The molecule has 2 rings (SSSR count). The van der Waals surface area contributed by atoms with Crippen molar-refractivity contribution in [3.63, 3.8) is 0 Å². The number of likely N-dealkylation sites (N-methyl/N-ethyl adjacent to an activating group) is 1. The Labute approximate surface area is 149 Å². The van der Waals surface area contributed by atoms with Crippen molar-refractivity contribution >= 4 is 27.3 Å². The topological polar surface area (TPSA) is 57.7 Å². The number of para-hydroxylation sites is 2. The number of amides is 1. The highest BCUT2D eigenvalue weighted by molar-refractivity contribution is 7.92. The third-order valence-electron chi connectivity index (χ3n) is 4.02. The van der Waals surface area contributed by atoms with Crippen LogP contribution in [0, 0.1) is 0 Å². The number of carbonyl (C=O) groups is 1. The van der Waals surface area contributed by atoms with Crippen LogP contribution in [-0.2, 0) is 14.8 Å². The summed E-state index contributed by atoms with van der Waals surface area (Å²) in [5.41, 5.74) is 2.16. The van der Waals surface area contributed by atoms with E-state index < -0.39 is 10.0 Å². The van der Waals surface area contributed by atoms with Crippen molar-refractivity contribution in [3.8, 4) is 0 Å². The molecule has 2 aromatic rings. The van der Waals surface area contributed by atoms with Crippen LogP contribution in [0.3, 0.4) is 0 Å². The molecule has 0 atom stereocenters. The summed E-state index contributed by atoms with van der Waals surface area (Å²) in [6.07, 6.45) is 1.12. The summed E-state index contributed by atoms with van der Waals surface area (Å²) >= 11 is 0. The summed E-state index contributed by atoms with van der Waals surface area (Å²) < 4.78 is 25.9. The van der Waals surface area contributed by atoms with Gasteiger partial charge < -0.3 is 4.90 Å². The average molecular weight is 360 g/mol. The summed E-state index contributed by atoms with van der Waals surface area (Å²) in [4.78, 5) is 14.1. The van der Waals surface area contributed by atoms with Crippen LogP contribution in [-0.4, -0.2) is 34.2 Å². The maximum atomic E-state index is 12.7. The van der Waals surface area contributed by atoms with Crippen LogP contribution >= 0.6 is 0 Å². The lowest BCUT2D eigenvalue weighted by atomic mass is 10.0. The minimum Gasteiger partial charge on any atom is -0.314 e. The van der Waals surface area contributed by atoms with Crippen molar-refractivity contribution in [2.75, 3.05) is 29.1 Å². The molecule has 0 fully saturated rings. The number of hydrogen-bond acceptors (Lipinski definition) is 3. The molecule has 0 bridgehead atoms. The van der Waals surface area contributed by atoms with E-state index >= 15 is 0 Å². The molecule has 0 N–H and O–H groups in total. The lowest BCUT2D eigenvalue weighted by Crippen LogP contribution is -2.41. The molecule has 134 valence electrons. The number of anilines is 2. The second kappa shape index (κ2) is 7.70. The van der Waals surface area contributed by atoms with E-state index in [-0.39, 0.29) is 18.4 Å². The van der Waals surface area contributed by atoms with E-state index in [1.165, 1.54) is 9.21 Å². The van der Waals surface area contributed by atoms with Gasteiger partial charge in [-0.2, -0.15) is 0 Å². The highest BCUT2D eigenvalue weighted by atomic mass is 32.2. The molecule has 2 aromatic carbocycles. The first-order chi connectivity index (χ1) is 11.7. The Bertz CT molecular complexity index is 833. The van der Waals surface area contributed by atoms with Crippen LogP contribution in [0.4, 0.5) is 11.4 Å². The number of rotatable bonds is 6. The molecule has 0 aromatic heterocycles. The molecule has 0 aliphatic carbocycles. The molecule has 0 heterocycles. The van der Waals surface area contributed by atoms with Gasteiger partial charge in [-0.3, -0.25) is 9.10 Å². The Morgan fingerprint density at radius 1 is 1.00 bits per heavy atom. The van der Waals surface area contributed by atoms with Gasteiger partial charge in [0.1, 0.15) is 6.54 Å². The first kappa shape index (κ1) is 19.0. The summed E-state index contributed by atoms with van der Waals surface area (Å²) in [5.74, 6) is -0.155. The third kappa shape index (κ3) is 4.60. The predicted molar refractivity (Wildman–Crippen MR) is 103 cm³/mol. The van der Waals surface area contributed by atoms with E-state index in [9.17, 15) is 13.2 Å².